The zero-order valence-corrected chi connectivity index (χ0v) is 16.7. The third-order valence-corrected chi connectivity index (χ3v) is 5.83. The second kappa shape index (κ2) is 9.09. The third kappa shape index (κ3) is 5.36. The van der Waals surface area contributed by atoms with Gasteiger partial charge in [-0.15, -0.1) is 11.3 Å². The van der Waals surface area contributed by atoms with Crippen LogP contribution in [0.25, 0.3) is 0 Å². The van der Waals surface area contributed by atoms with Gasteiger partial charge in [0.1, 0.15) is 0 Å². The minimum absolute atomic E-state index is 0.0905. The van der Waals surface area contributed by atoms with E-state index in [1.807, 2.05) is 30.5 Å². The number of ether oxygens (including phenoxy) is 3. The molecule has 1 aromatic carbocycles. The molecule has 3 rings (SSSR count). The van der Waals surface area contributed by atoms with Gasteiger partial charge in [-0.2, -0.15) is 0 Å². The number of benzene rings is 1. The van der Waals surface area contributed by atoms with Crippen LogP contribution in [0.15, 0.2) is 27.9 Å². The first-order chi connectivity index (χ1) is 13.0. The molecular weight excluding hydrogens is 388 g/mol. The van der Waals surface area contributed by atoms with Crippen molar-refractivity contribution in [3.05, 3.63) is 34.8 Å². The molecule has 0 bridgehead atoms. The lowest BCUT2D eigenvalue weighted by Crippen LogP contribution is -2.28. The van der Waals surface area contributed by atoms with E-state index in [9.17, 15) is 9.59 Å². The Morgan fingerprint density at radius 1 is 1.37 bits per heavy atom. The first-order valence-electron chi connectivity index (χ1n) is 8.47. The highest BCUT2D eigenvalue weighted by atomic mass is 32.2. The zero-order valence-electron chi connectivity index (χ0n) is 15.0. The second-order valence-electron chi connectivity index (χ2n) is 5.78. The molecule has 7 nitrogen and oxygen atoms in total. The van der Waals surface area contributed by atoms with Gasteiger partial charge in [0, 0.05) is 5.38 Å². The van der Waals surface area contributed by atoms with Crippen molar-refractivity contribution >= 4 is 35.0 Å². The van der Waals surface area contributed by atoms with E-state index in [1.165, 1.54) is 23.1 Å². The lowest BCUT2D eigenvalue weighted by Gasteiger charge is -2.14. The highest BCUT2D eigenvalue weighted by Crippen LogP contribution is 2.34. The first kappa shape index (κ1) is 19.5. The Balaban J connectivity index is 1.47. The van der Waals surface area contributed by atoms with Crippen molar-refractivity contribution in [3.8, 4) is 11.5 Å². The monoisotopic (exact) mass is 408 g/mol. The SMILES string of the molecule is CCOC(=O)Cc1csc(SCC(=O)N[C@H](C)c2ccc3c(c2)OCO3)n1. The molecule has 27 heavy (non-hydrogen) atoms. The Labute approximate surface area is 165 Å². The van der Waals surface area contributed by atoms with Gasteiger partial charge in [0.2, 0.25) is 12.7 Å². The van der Waals surface area contributed by atoms with Crippen molar-refractivity contribution in [1.29, 1.82) is 0 Å². The van der Waals surface area contributed by atoms with Gasteiger partial charge < -0.3 is 19.5 Å². The lowest BCUT2D eigenvalue weighted by atomic mass is 10.1. The molecule has 0 aliphatic carbocycles. The molecule has 1 atom stereocenters. The summed E-state index contributed by atoms with van der Waals surface area (Å²) in [4.78, 5) is 28.0. The highest BCUT2D eigenvalue weighted by molar-refractivity contribution is 8.01. The third-order valence-electron chi connectivity index (χ3n) is 3.76. The number of carbonyl (C=O) groups excluding carboxylic acids is 2. The molecule has 0 fully saturated rings. The summed E-state index contributed by atoms with van der Waals surface area (Å²) in [5.74, 6) is 1.28. The van der Waals surface area contributed by atoms with Crippen LogP contribution in [-0.2, 0) is 20.7 Å². The van der Waals surface area contributed by atoms with Crippen LogP contribution >= 0.6 is 23.1 Å². The molecule has 0 unspecified atom stereocenters. The van der Waals surface area contributed by atoms with Crippen molar-refractivity contribution < 1.29 is 23.8 Å². The van der Waals surface area contributed by atoms with Crippen molar-refractivity contribution in [2.24, 2.45) is 0 Å². The number of fused-ring (bicyclic) bond motifs is 1. The Morgan fingerprint density at radius 3 is 3.00 bits per heavy atom. The predicted octanol–water partition coefficient (Wildman–Crippen LogP) is 2.95. The molecule has 1 aromatic heterocycles. The molecule has 0 spiro atoms. The smallest absolute Gasteiger partial charge is 0.311 e. The fourth-order valence-electron chi connectivity index (χ4n) is 2.47. The van der Waals surface area contributed by atoms with Crippen LogP contribution in [0.3, 0.4) is 0 Å². The van der Waals surface area contributed by atoms with E-state index in [4.69, 9.17) is 14.2 Å². The summed E-state index contributed by atoms with van der Waals surface area (Å²) in [7, 11) is 0. The quantitative estimate of drug-likeness (QED) is 0.531. The molecule has 2 aromatic rings. The molecule has 1 amide bonds. The Bertz CT molecular complexity index is 824. The van der Waals surface area contributed by atoms with Crippen LogP contribution in [0, 0.1) is 0 Å². The van der Waals surface area contributed by atoms with E-state index in [1.54, 1.807) is 6.92 Å². The molecule has 1 aliphatic heterocycles. The average molecular weight is 409 g/mol. The molecule has 1 aliphatic rings. The Kier molecular flexibility index (Phi) is 6.57. The summed E-state index contributed by atoms with van der Waals surface area (Å²) in [6.07, 6.45) is 0.151. The van der Waals surface area contributed by atoms with Gasteiger partial charge in [-0.25, -0.2) is 4.98 Å². The molecule has 2 heterocycles. The second-order valence-corrected chi connectivity index (χ2v) is 7.86. The van der Waals surface area contributed by atoms with Gasteiger partial charge in [0.05, 0.1) is 30.5 Å². The van der Waals surface area contributed by atoms with Crippen LogP contribution in [-0.4, -0.2) is 36.0 Å². The van der Waals surface area contributed by atoms with Gasteiger partial charge in [-0.1, -0.05) is 17.8 Å². The number of rotatable bonds is 8. The van der Waals surface area contributed by atoms with E-state index in [-0.39, 0.29) is 36.9 Å². The normalized spacial score (nSPS) is 13.3. The van der Waals surface area contributed by atoms with Gasteiger partial charge in [0.25, 0.3) is 0 Å². The number of hydrogen-bond acceptors (Lipinski definition) is 8. The fourth-order valence-corrected chi connectivity index (χ4v) is 4.13. The van der Waals surface area contributed by atoms with Gasteiger partial charge in [0.15, 0.2) is 15.8 Å². The van der Waals surface area contributed by atoms with Gasteiger partial charge in [-0.05, 0) is 31.5 Å². The van der Waals surface area contributed by atoms with Gasteiger partial charge >= 0.3 is 5.97 Å². The van der Waals surface area contributed by atoms with E-state index in [2.05, 4.69) is 10.3 Å². The average Bonchev–Trinajstić information content (AvgIpc) is 3.28. The van der Waals surface area contributed by atoms with E-state index in [0.29, 0.717) is 18.1 Å². The molecule has 9 heteroatoms. The van der Waals surface area contributed by atoms with Crippen LogP contribution in [0.4, 0.5) is 0 Å². The number of hydrogen-bond donors (Lipinski definition) is 1. The molecule has 144 valence electrons. The minimum Gasteiger partial charge on any atom is -0.466 e. The number of aromatic nitrogens is 1. The number of thioether (sulfide) groups is 1. The number of esters is 1. The summed E-state index contributed by atoms with van der Waals surface area (Å²) in [6.45, 7) is 4.26. The molecule has 1 N–H and O–H groups in total. The maximum absolute atomic E-state index is 12.2. The number of amides is 1. The summed E-state index contributed by atoms with van der Waals surface area (Å²) in [5.41, 5.74) is 1.61. The van der Waals surface area contributed by atoms with Crippen LogP contribution < -0.4 is 14.8 Å². The van der Waals surface area contributed by atoms with Gasteiger partial charge in [-0.3, -0.25) is 9.59 Å². The highest BCUT2D eigenvalue weighted by Gasteiger charge is 2.17. The first-order valence-corrected chi connectivity index (χ1v) is 10.3. The maximum atomic E-state index is 12.2. The van der Waals surface area contributed by atoms with Crippen molar-refractivity contribution in [2.75, 3.05) is 19.2 Å². The summed E-state index contributed by atoms with van der Waals surface area (Å²) in [6, 6.07) is 5.48. The van der Waals surface area contributed by atoms with Crippen LogP contribution in [0.2, 0.25) is 0 Å². The summed E-state index contributed by atoms with van der Waals surface area (Å²) < 4.78 is 16.3. The predicted molar refractivity (Wildman–Crippen MR) is 102 cm³/mol. The topological polar surface area (TPSA) is 86.8 Å². The molecule has 0 saturated heterocycles. The molecule has 0 saturated carbocycles. The lowest BCUT2D eigenvalue weighted by molar-refractivity contribution is -0.142. The number of nitrogens with one attached hydrogen (secondary N) is 1. The van der Waals surface area contributed by atoms with Crippen LogP contribution in [0.1, 0.15) is 31.1 Å². The molecular formula is C18H20N2O5S2. The Hall–Kier alpha value is -2.26. The van der Waals surface area contributed by atoms with Crippen LogP contribution in [0.5, 0.6) is 11.5 Å². The summed E-state index contributed by atoms with van der Waals surface area (Å²) >= 11 is 2.76. The zero-order chi connectivity index (χ0) is 19.2. The Morgan fingerprint density at radius 2 is 2.19 bits per heavy atom. The molecule has 0 radical (unpaired) electrons. The van der Waals surface area contributed by atoms with E-state index >= 15 is 0 Å². The van der Waals surface area contributed by atoms with Crippen molar-refractivity contribution in [2.45, 2.75) is 30.6 Å². The van der Waals surface area contributed by atoms with Crippen molar-refractivity contribution in [3.63, 3.8) is 0 Å². The number of thiazole rings is 1. The standard InChI is InChI=1S/C18H20N2O5S2/c1-3-23-17(22)7-13-8-26-18(20-13)27-9-16(21)19-11(2)12-4-5-14-15(6-12)25-10-24-14/h4-6,8,11H,3,7,9-10H2,1-2H3,(H,19,21)/t11-/m1/s1. The summed E-state index contributed by atoms with van der Waals surface area (Å²) in [5, 5.41) is 4.77. The van der Waals surface area contributed by atoms with E-state index in [0.717, 1.165) is 15.7 Å². The van der Waals surface area contributed by atoms with Crippen molar-refractivity contribution in [1.82, 2.24) is 10.3 Å². The van der Waals surface area contributed by atoms with E-state index < -0.39 is 0 Å². The number of carbonyl (C=O) groups is 2. The minimum atomic E-state index is -0.297. The maximum Gasteiger partial charge on any atom is 0.311 e. The largest absolute Gasteiger partial charge is 0.466 e. The number of nitrogens with zero attached hydrogens (tertiary/aromatic N) is 1. The fraction of sp³-hybridized carbons (Fsp3) is 0.389.